The van der Waals surface area contributed by atoms with Crippen molar-refractivity contribution in [3.8, 4) is 11.3 Å². The highest BCUT2D eigenvalue weighted by molar-refractivity contribution is 6.31. The molecule has 4 nitrogen and oxygen atoms in total. The van der Waals surface area contributed by atoms with E-state index in [-0.39, 0.29) is 5.56 Å². The Morgan fingerprint density at radius 1 is 1.24 bits per heavy atom. The van der Waals surface area contributed by atoms with Gasteiger partial charge in [0.25, 0.3) is 0 Å². The highest BCUT2D eigenvalue weighted by atomic mass is 35.5. The number of carbonyl (C=O) groups is 1. The number of benzene rings is 2. The Morgan fingerprint density at radius 3 is 2.72 bits per heavy atom. The summed E-state index contributed by atoms with van der Waals surface area (Å²) in [4.78, 5) is 12.9. The zero-order valence-electron chi connectivity index (χ0n) is 13.7. The summed E-state index contributed by atoms with van der Waals surface area (Å²) in [7, 11) is 1.80. The molecule has 3 aromatic rings. The lowest BCUT2D eigenvalue weighted by Crippen LogP contribution is -2.08. The van der Waals surface area contributed by atoms with Crippen LogP contribution in [-0.2, 0) is 13.5 Å². The van der Waals surface area contributed by atoms with E-state index in [2.05, 4.69) is 5.10 Å². The lowest BCUT2D eigenvalue weighted by molar-refractivity contribution is 0.103. The molecule has 2 aromatic carbocycles. The summed E-state index contributed by atoms with van der Waals surface area (Å²) >= 11 is 6.09. The van der Waals surface area contributed by atoms with Crippen LogP contribution < -0.4 is 5.73 Å². The maximum absolute atomic E-state index is 14.1. The molecule has 0 atom stereocenters. The molecule has 0 amide bonds. The number of hydrogen-bond donors (Lipinski definition) is 1. The third-order valence-electron chi connectivity index (χ3n) is 3.92. The smallest absolute Gasteiger partial charge is 0.196 e. The van der Waals surface area contributed by atoms with Crippen molar-refractivity contribution in [3.05, 3.63) is 76.2 Å². The molecule has 0 saturated heterocycles. The van der Waals surface area contributed by atoms with Crippen molar-refractivity contribution in [2.75, 3.05) is 6.54 Å². The van der Waals surface area contributed by atoms with Gasteiger partial charge in [0, 0.05) is 29.4 Å². The normalized spacial score (nSPS) is 10.9. The summed E-state index contributed by atoms with van der Waals surface area (Å²) in [5, 5.41) is 4.86. The largest absolute Gasteiger partial charge is 0.330 e. The van der Waals surface area contributed by atoms with E-state index in [0.29, 0.717) is 34.8 Å². The van der Waals surface area contributed by atoms with Crippen LogP contribution in [0.15, 0.2) is 48.7 Å². The standard InChI is InChI=1S/C19H17ClFN3O/c1-24-11-12(8-9-22)18(23-24)14-7-6-13(20)10-16(14)19(25)15-4-2-3-5-17(15)21/h2-7,10-11H,8-9,22H2,1H3. The van der Waals surface area contributed by atoms with Gasteiger partial charge in [-0.2, -0.15) is 5.10 Å². The molecule has 0 aliphatic carbocycles. The van der Waals surface area contributed by atoms with E-state index in [1.807, 2.05) is 6.20 Å². The average Bonchev–Trinajstić information content (AvgIpc) is 2.95. The van der Waals surface area contributed by atoms with Crippen LogP contribution in [-0.4, -0.2) is 22.1 Å². The van der Waals surface area contributed by atoms with Gasteiger partial charge < -0.3 is 5.73 Å². The number of ketones is 1. The third kappa shape index (κ3) is 3.48. The Balaban J connectivity index is 2.17. The van der Waals surface area contributed by atoms with Gasteiger partial charge in [-0.05, 0) is 42.8 Å². The molecule has 3 rings (SSSR count). The van der Waals surface area contributed by atoms with E-state index >= 15 is 0 Å². The summed E-state index contributed by atoms with van der Waals surface area (Å²) in [6.45, 7) is 0.461. The molecule has 0 aliphatic heterocycles. The lowest BCUT2D eigenvalue weighted by atomic mass is 9.94. The Labute approximate surface area is 150 Å². The zero-order chi connectivity index (χ0) is 18.0. The fourth-order valence-corrected chi connectivity index (χ4v) is 2.98. The molecule has 6 heteroatoms. The minimum Gasteiger partial charge on any atom is -0.330 e. The van der Waals surface area contributed by atoms with Crippen LogP contribution in [0.2, 0.25) is 5.02 Å². The van der Waals surface area contributed by atoms with Gasteiger partial charge in [0.05, 0.1) is 11.3 Å². The maximum Gasteiger partial charge on any atom is 0.196 e. The van der Waals surface area contributed by atoms with Gasteiger partial charge in [0.15, 0.2) is 5.78 Å². The first-order valence-electron chi connectivity index (χ1n) is 7.83. The second-order valence-electron chi connectivity index (χ2n) is 5.71. The molecule has 0 unspecified atom stereocenters. The number of nitrogens with zero attached hydrogens (tertiary/aromatic N) is 2. The summed E-state index contributed by atoms with van der Waals surface area (Å²) < 4.78 is 15.7. The highest BCUT2D eigenvalue weighted by Gasteiger charge is 2.21. The van der Waals surface area contributed by atoms with Crippen molar-refractivity contribution in [1.82, 2.24) is 9.78 Å². The van der Waals surface area contributed by atoms with Crippen LogP contribution >= 0.6 is 11.6 Å². The van der Waals surface area contributed by atoms with Crippen molar-refractivity contribution in [1.29, 1.82) is 0 Å². The molecule has 2 N–H and O–H groups in total. The molecule has 0 saturated carbocycles. The van der Waals surface area contributed by atoms with E-state index in [9.17, 15) is 9.18 Å². The molecule has 128 valence electrons. The number of aryl methyl sites for hydroxylation is 1. The molecule has 1 heterocycles. The molecule has 0 aliphatic rings. The van der Waals surface area contributed by atoms with Crippen molar-refractivity contribution in [2.24, 2.45) is 12.8 Å². The molecule has 0 spiro atoms. The Hall–Kier alpha value is -2.50. The predicted molar refractivity (Wildman–Crippen MR) is 96.2 cm³/mol. The highest BCUT2D eigenvalue weighted by Crippen LogP contribution is 2.30. The quantitative estimate of drug-likeness (QED) is 0.709. The van der Waals surface area contributed by atoms with E-state index in [1.165, 1.54) is 12.1 Å². The van der Waals surface area contributed by atoms with Gasteiger partial charge >= 0.3 is 0 Å². The van der Waals surface area contributed by atoms with Gasteiger partial charge in [-0.25, -0.2) is 4.39 Å². The van der Waals surface area contributed by atoms with Crippen LogP contribution in [0.4, 0.5) is 4.39 Å². The summed E-state index contributed by atoms with van der Waals surface area (Å²) in [6, 6.07) is 10.9. The lowest BCUT2D eigenvalue weighted by Gasteiger charge is -2.10. The van der Waals surface area contributed by atoms with Crippen molar-refractivity contribution in [2.45, 2.75) is 6.42 Å². The zero-order valence-corrected chi connectivity index (χ0v) is 14.4. The SMILES string of the molecule is Cn1cc(CCN)c(-c2ccc(Cl)cc2C(=O)c2ccccc2F)n1. The van der Waals surface area contributed by atoms with Gasteiger partial charge in [-0.3, -0.25) is 9.48 Å². The molecule has 0 bridgehead atoms. The molecule has 0 fully saturated rings. The third-order valence-corrected chi connectivity index (χ3v) is 4.15. The first-order chi connectivity index (χ1) is 12.0. The van der Waals surface area contributed by atoms with Gasteiger partial charge in [0.1, 0.15) is 5.82 Å². The molecular weight excluding hydrogens is 341 g/mol. The molecule has 25 heavy (non-hydrogen) atoms. The topological polar surface area (TPSA) is 60.9 Å². The number of carbonyl (C=O) groups excluding carboxylic acids is 1. The number of nitrogens with two attached hydrogens (primary N) is 1. The molecular formula is C19H17ClFN3O. The van der Waals surface area contributed by atoms with Crippen LogP contribution in [0, 0.1) is 5.82 Å². The first kappa shape index (κ1) is 17.3. The van der Waals surface area contributed by atoms with Crippen LogP contribution in [0.25, 0.3) is 11.3 Å². The Kier molecular flexibility index (Phi) is 4.97. The first-order valence-corrected chi connectivity index (χ1v) is 8.20. The van der Waals surface area contributed by atoms with Gasteiger partial charge in [-0.1, -0.05) is 29.8 Å². The summed E-state index contributed by atoms with van der Waals surface area (Å²) in [6.07, 6.45) is 2.49. The van der Waals surface area contributed by atoms with E-state index in [0.717, 1.165) is 5.56 Å². The van der Waals surface area contributed by atoms with E-state index < -0.39 is 11.6 Å². The summed E-state index contributed by atoms with van der Waals surface area (Å²) in [5.74, 6) is -0.999. The fourth-order valence-electron chi connectivity index (χ4n) is 2.80. The van der Waals surface area contributed by atoms with Crippen LogP contribution in [0.3, 0.4) is 0 Å². The van der Waals surface area contributed by atoms with Crippen LogP contribution in [0.5, 0.6) is 0 Å². The minimum absolute atomic E-state index is 0.00215. The second-order valence-corrected chi connectivity index (χ2v) is 6.15. The van der Waals surface area contributed by atoms with E-state index in [4.69, 9.17) is 17.3 Å². The monoisotopic (exact) mass is 357 g/mol. The Bertz CT molecular complexity index is 936. The number of hydrogen-bond acceptors (Lipinski definition) is 3. The maximum atomic E-state index is 14.1. The van der Waals surface area contributed by atoms with Crippen molar-refractivity contribution in [3.63, 3.8) is 0 Å². The fraction of sp³-hybridized carbons (Fsp3) is 0.158. The average molecular weight is 358 g/mol. The van der Waals surface area contributed by atoms with E-state index in [1.54, 1.807) is 42.1 Å². The second kappa shape index (κ2) is 7.17. The van der Waals surface area contributed by atoms with Gasteiger partial charge in [-0.15, -0.1) is 0 Å². The predicted octanol–water partition coefficient (Wildman–Crippen LogP) is 3.61. The van der Waals surface area contributed by atoms with Crippen molar-refractivity contribution < 1.29 is 9.18 Å². The van der Waals surface area contributed by atoms with Crippen LogP contribution in [0.1, 0.15) is 21.5 Å². The number of rotatable bonds is 5. The summed E-state index contributed by atoms with van der Waals surface area (Å²) in [5.41, 5.74) is 8.19. The number of aromatic nitrogens is 2. The minimum atomic E-state index is -0.568. The van der Waals surface area contributed by atoms with Crippen molar-refractivity contribution >= 4 is 17.4 Å². The van der Waals surface area contributed by atoms with Gasteiger partial charge in [0.2, 0.25) is 0 Å². The molecule has 1 aromatic heterocycles. The number of halogens is 2. The molecule has 0 radical (unpaired) electrons. The Morgan fingerprint density at radius 2 is 2.00 bits per heavy atom.